The first-order valence-electron chi connectivity index (χ1n) is 7.29. The van der Waals surface area contributed by atoms with Gasteiger partial charge in [0.2, 0.25) is 0 Å². The minimum Gasteiger partial charge on any atom is -0.370 e. The molecule has 0 aliphatic carbocycles. The Morgan fingerprint density at radius 3 is 2.60 bits per heavy atom. The number of nitro benzene ring substituents is 1. The maximum absolute atomic E-state index is 10.7. The minimum atomic E-state index is -0.352. The van der Waals surface area contributed by atoms with E-state index >= 15 is 0 Å². The fraction of sp³-hybridized carbons (Fsp3) is 0.600. The summed E-state index contributed by atoms with van der Waals surface area (Å²) < 4.78 is 0. The Bertz CT molecular complexity index is 439. The topological polar surface area (TPSA) is 58.4 Å². The van der Waals surface area contributed by atoms with E-state index in [-0.39, 0.29) is 10.6 Å². The van der Waals surface area contributed by atoms with E-state index < -0.39 is 0 Å². The monoisotopic (exact) mass is 277 g/mol. The van der Waals surface area contributed by atoms with Gasteiger partial charge in [-0.15, -0.1) is 0 Å². The van der Waals surface area contributed by atoms with Crippen LogP contribution in [0.4, 0.5) is 11.4 Å². The van der Waals surface area contributed by atoms with Gasteiger partial charge in [-0.05, 0) is 37.4 Å². The van der Waals surface area contributed by atoms with E-state index in [4.69, 9.17) is 0 Å². The summed E-state index contributed by atoms with van der Waals surface area (Å²) in [6.45, 7) is 7.42. The Morgan fingerprint density at radius 1 is 1.40 bits per heavy atom. The van der Waals surface area contributed by atoms with Gasteiger partial charge in [0.25, 0.3) is 5.69 Å². The Balaban J connectivity index is 2.09. The average molecular weight is 277 g/mol. The SMILES string of the molecule is CC(C)CN(CC1CCCN1)c1ccc([N+](=O)[O-])cc1. The standard InChI is InChI=1S/C15H23N3O2/c1-12(2)10-17(11-13-4-3-9-16-13)14-5-7-15(8-6-14)18(19)20/h5-8,12-13,16H,3-4,9-11H2,1-2H3. The summed E-state index contributed by atoms with van der Waals surface area (Å²) in [6.07, 6.45) is 2.45. The van der Waals surface area contributed by atoms with E-state index in [0.717, 1.165) is 25.3 Å². The van der Waals surface area contributed by atoms with Crippen molar-refractivity contribution in [3.8, 4) is 0 Å². The molecule has 0 aromatic heterocycles. The van der Waals surface area contributed by atoms with Crippen LogP contribution in [0, 0.1) is 16.0 Å². The van der Waals surface area contributed by atoms with E-state index in [1.165, 1.54) is 12.8 Å². The molecule has 1 fully saturated rings. The van der Waals surface area contributed by atoms with Crippen LogP contribution >= 0.6 is 0 Å². The van der Waals surface area contributed by atoms with E-state index in [1.807, 2.05) is 12.1 Å². The zero-order chi connectivity index (χ0) is 14.5. The molecule has 1 unspecified atom stereocenters. The lowest BCUT2D eigenvalue weighted by atomic mass is 10.1. The first-order valence-corrected chi connectivity index (χ1v) is 7.29. The molecule has 5 heteroatoms. The second-order valence-corrected chi connectivity index (χ2v) is 5.87. The molecule has 0 saturated carbocycles. The van der Waals surface area contributed by atoms with Gasteiger partial charge in [0, 0.05) is 37.0 Å². The average Bonchev–Trinajstić information content (AvgIpc) is 2.90. The number of nitrogens with zero attached hydrogens (tertiary/aromatic N) is 2. The van der Waals surface area contributed by atoms with Crippen molar-refractivity contribution in [3.63, 3.8) is 0 Å². The Hall–Kier alpha value is -1.62. The number of benzene rings is 1. The summed E-state index contributed by atoms with van der Waals surface area (Å²) in [5.74, 6) is 0.562. The smallest absolute Gasteiger partial charge is 0.269 e. The zero-order valence-corrected chi connectivity index (χ0v) is 12.2. The van der Waals surface area contributed by atoms with Gasteiger partial charge in [0.15, 0.2) is 0 Å². The quantitative estimate of drug-likeness (QED) is 0.641. The van der Waals surface area contributed by atoms with Crippen LogP contribution in [-0.2, 0) is 0 Å². The van der Waals surface area contributed by atoms with Crippen molar-refractivity contribution in [1.82, 2.24) is 5.32 Å². The van der Waals surface area contributed by atoms with Crippen LogP contribution < -0.4 is 10.2 Å². The highest BCUT2D eigenvalue weighted by atomic mass is 16.6. The molecular formula is C15H23N3O2. The lowest BCUT2D eigenvalue weighted by Gasteiger charge is -2.29. The predicted molar refractivity (Wildman–Crippen MR) is 81.2 cm³/mol. The van der Waals surface area contributed by atoms with Gasteiger partial charge in [-0.25, -0.2) is 0 Å². The number of nitrogens with one attached hydrogen (secondary N) is 1. The molecule has 1 heterocycles. The van der Waals surface area contributed by atoms with Crippen LogP contribution in [0.25, 0.3) is 0 Å². The van der Waals surface area contributed by atoms with Gasteiger partial charge in [-0.1, -0.05) is 13.8 Å². The number of rotatable bonds is 6. The van der Waals surface area contributed by atoms with Crippen LogP contribution in [0.3, 0.4) is 0 Å². The molecule has 0 bridgehead atoms. The zero-order valence-electron chi connectivity index (χ0n) is 12.2. The van der Waals surface area contributed by atoms with E-state index in [2.05, 4.69) is 24.1 Å². The molecule has 110 valence electrons. The third-order valence-electron chi connectivity index (χ3n) is 3.61. The van der Waals surface area contributed by atoms with Crippen LogP contribution in [0.2, 0.25) is 0 Å². The van der Waals surface area contributed by atoms with E-state index in [0.29, 0.717) is 12.0 Å². The summed E-state index contributed by atoms with van der Waals surface area (Å²) >= 11 is 0. The van der Waals surface area contributed by atoms with E-state index in [1.54, 1.807) is 12.1 Å². The van der Waals surface area contributed by atoms with Crippen molar-refractivity contribution in [2.45, 2.75) is 32.7 Å². The number of hydrogen-bond acceptors (Lipinski definition) is 4. The summed E-state index contributed by atoms with van der Waals surface area (Å²) in [5.41, 5.74) is 1.22. The first-order chi connectivity index (χ1) is 9.56. The molecule has 1 atom stereocenters. The van der Waals surface area contributed by atoms with Gasteiger partial charge >= 0.3 is 0 Å². The van der Waals surface area contributed by atoms with Crippen molar-refractivity contribution < 1.29 is 4.92 Å². The summed E-state index contributed by atoms with van der Waals surface area (Å²) in [4.78, 5) is 12.7. The van der Waals surface area contributed by atoms with Gasteiger partial charge in [-0.2, -0.15) is 0 Å². The Morgan fingerprint density at radius 2 is 2.10 bits per heavy atom. The second kappa shape index (κ2) is 6.70. The fourth-order valence-corrected chi connectivity index (χ4v) is 2.69. The molecule has 20 heavy (non-hydrogen) atoms. The van der Waals surface area contributed by atoms with E-state index in [9.17, 15) is 10.1 Å². The van der Waals surface area contributed by atoms with Crippen molar-refractivity contribution >= 4 is 11.4 Å². The number of nitro groups is 1. The molecule has 1 N–H and O–H groups in total. The first kappa shape index (κ1) is 14.8. The Kier molecular flexibility index (Phi) is 4.95. The molecule has 1 saturated heterocycles. The number of hydrogen-bond donors (Lipinski definition) is 1. The van der Waals surface area contributed by atoms with Gasteiger partial charge in [-0.3, -0.25) is 10.1 Å². The lowest BCUT2D eigenvalue weighted by molar-refractivity contribution is -0.384. The van der Waals surface area contributed by atoms with Crippen LogP contribution in [-0.4, -0.2) is 30.6 Å². The van der Waals surface area contributed by atoms with Crippen LogP contribution in [0.15, 0.2) is 24.3 Å². The summed E-state index contributed by atoms with van der Waals surface area (Å²) in [6, 6.07) is 7.42. The minimum absolute atomic E-state index is 0.150. The highest BCUT2D eigenvalue weighted by molar-refractivity contribution is 5.51. The molecule has 1 aliphatic heterocycles. The molecule has 0 amide bonds. The maximum Gasteiger partial charge on any atom is 0.269 e. The molecule has 2 rings (SSSR count). The molecule has 0 spiro atoms. The van der Waals surface area contributed by atoms with Crippen molar-refractivity contribution in [2.24, 2.45) is 5.92 Å². The molecule has 5 nitrogen and oxygen atoms in total. The largest absolute Gasteiger partial charge is 0.370 e. The lowest BCUT2D eigenvalue weighted by Crippen LogP contribution is -2.39. The third-order valence-corrected chi connectivity index (χ3v) is 3.61. The van der Waals surface area contributed by atoms with Gasteiger partial charge in [0.05, 0.1) is 4.92 Å². The van der Waals surface area contributed by atoms with Gasteiger partial charge in [0.1, 0.15) is 0 Å². The van der Waals surface area contributed by atoms with Gasteiger partial charge < -0.3 is 10.2 Å². The van der Waals surface area contributed by atoms with Crippen LogP contribution in [0.5, 0.6) is 0 Å². The predicted octanol–water partition coefficient (Wildman–Crippen LogP) is 2.81. The molecule has 1 aromatic carbocycles. The highest BCUT2D eigenvalue weighted by Crippen LogP contribution is 2.21. The molecule has 0 radical (unpaired) electrons. The van der Waals surface area contributed by atoms with Crippen molar-refractivity contribution in [1.29, 1.82) is 0 Å². The second-order valence-electron chi connectivity index (χ2n) is 5.87. The summed E-state index contributed by atoms with van der Waals surface area (Å²) in [5, 5.41) is 14.2. The normalized spacial score (nSPS) is 18.4. The fourth-order valence-electron chi connectivity index (χ4n) is 2.69. The highest BCUT2D eigenvalue weighted by Gasteiger charge is 2.19. The maximum atomic E-state index is 10.7. The van der Waals surface area contributed by atoms with Crippen molar-refractivity contribution in [3.05, 3.63) is 34.4 Å². The number of anilines is 1. The third kappa shape index (κ3) is 3.93. The molecule has 1 aliphatic rings. The number of non-ortho nitro benzene ring substituents is 1. The summed E-state index contributed by atoms with van der Waals surface area (Å²) in [7, 11) is 0. The Labute approximate surface area is 120 Å². The molecule has 1 aromatic rings. The molecular weight excluding hydrogens is 254 g/mol. The van der Waals surface area contributed by atoms with Crippen molar-refractivity contribution in [2.75, 3.05) is 24.5 Å². The van der Waals surface area contributed by atoms with Crippen LogP contribution in [0.1, 0.15) is 26.7 Å².